The molecule has 2 aromatic rings. The highest BCUT2D eigenvalue weighted by Gasteiger charge is 2.40. The Morgan fingerprint density at radius 3 is 2.84 bits per heavy atom. The smallest absolute Gasteiger partial charge is 0.251 e. The van der Waals surface area contributed by atoms with Crippen LogP contribution in [0.3, 0.4) is 0 Å². The second kappa shape index (κ2) is 7.06. The molecule has 2 amide bonds. The molecule has 7 heteroatoms. The average Bonchev–Trinajstić information content (AvgIpc) is 3.11. The normalized spacial score (nSPS) is 20.1. The van der Waals surface area contributed by atoms with Gasteiger partial charge in [0.15, 0.2) is 0 Å². The summed E-state index contributed by atoms with van der Waals surface area (Å²) in [7, 11) is 5.20. The third-order valence-electron chi connectivity index (χ3n) is 4.56. The van der Waals surface area contributed by atoms with Crippen molar-refractivity contribution in [2.45, 2.75) is 25.1 Å². The van der Waals surface area contributed by atoms with E-state index in [4.69, 9.17) is 4.74 Å². The molecule has 1 aliphatic heterocycles. The maximum atomic E-state index is 12.7. The van der Waals surface area contributed by atoms with Crippen molar-refractivity contribution in [2.24, 2.45) is 7.05 Å². The van der Waals surface area contributed by atoms with Gasteiger partial charge in [-0.3, -0.25) is 14.3 Å². The van der Waals surface area contributed by atoms with Gasteiger partial charge in [-0.15, -0.1) is 0 Å². The molecule has 132 valence electrons. The molecule has 0 spiro atoms. The summed E-state index contributed by atoms with van der Waals surface area (Å²) in [6.07, 6.45) is 1.97. The molecule has 2 heterocycles. The quantitative estimate of drug-likeness (QED) is 0.888. The summed E-state index contributed by atoms with van der Waals surface area (Å²) in [4.78, 5) is 26.5. The summed E-state index contributed by atoms with van der Waals surface area (Å²) >= 11 is 0. The van der Waals surface area contributed by atoms with Gasteiger partial charge in [-0.1, -0.05) is 12.1 Å². The molecular weight excluding hydrogens is 320 g/mol. The SMILES string of the molecule is COCc1cccc(C(=O)N[C@@H]2CC(=O)N(C)[C@H]2c2ccnn2C)c1. The first-order valence-corrected chi connectivity index (χ1v) is 8.13. The van der Waals surface area contributed by atoms with Crippen LogP contribution < -0.4 is 5.32 Å². The monoisotopic (exact) mass is 342 g/mol. The number of nitrogens with one attached hydrogen (secondary N) is 1. The molecule has 1 aromatic heterocycles. The largest absolute Gasteiger partial charge is 0.380 e. The fraction of sp³-hybridized carbons (Fsp3) is 0.389. The van der Waals surface area contributed by atoms with Crippen molar-refractivity contribution in [3.05, 3.63) is 53.3 Å². The number of rotatable bonds is 5. The highest BCUT2D eigenvalue weighted by Crippen LogP contribution is 2.31. The van der Waals surface area contributed by atoms with E-state index in [0.717, 1.165) is 11.3 Å². The summed E-state index contributed by atoms with van der Waals surface area (Å²) < 4.78 is 6.84. The second-order valence-corrected chi connectivity index (χ2v) is 6.25. The Labute approximate surface area is 146 Å². The molecule has 0 saturated carbocycles. The molecule has 25 heavy (non-hydrogen) atoms. The maximum Gasteiger partial charge on any atom is 0.251 e. The molecule has 1 aliphatic rings. The van der Waals surface area contributed by atoms with E-state index >= 15 is 0 Å². The zero-order valence-corrected chi connectivity index (χ0v) is 14.6. The molecule has 1 aromatic carbocycles. The number of hydrogen-bond donors (Lipinski definition) is 1. The highest BCUT2D eigenvalue weighted by atomic mass is 16.5. The van der Waals surface area contributed by atoms with Crippen LogP contribution in [0.1, 0.15) is 34.1 Å². The van der Waals surface area contributed by atoms with Gasteiger partial charge < -0.3 is 15.0 Å². The first-order chi connectivity index (χ1) is 12.0. The van der Waals surface area contributed by atoms with E-state index in [9.17, 15) is 9.59 Å². The number of carbonyl (C=O) groups excluding carboxylic acids is 2. The third kappa shape index (κ3) is 3.41. The van der Waals surface area contributed by atoms with Gasteiger partial charge >= 0.3 is 0 Å². The lowest BCUT2D eigenvalue weighted by molar-refractivity contribution is -0.127. The number of hydrogen-bond acceptors (Lipinski definition) is 4. The Kier molecular flexibility index (Phi) is 4.85. The Morgan fingerprint density at radius 1 is 1.36 bits per heavy atom. The highest BCUT2D eigenvalue weighted by molar-refractivity contribution is 5.95. The number of ether oxygens (including phenoxy) is 1. The Morgan fingerprint density at radius 2 is 2.16 bits per heavy atom. The van der Waals surface area contributed by atoms with E-state index in [0.29, 0.717) is 12.2 Å². The predicted molar refractivity (Wildman–Crippen MR) is 91.7 cm³/mol. The number of likely N-dealkylation sites (N-methyl/N-ethyl adjacent to an activating group) is 1. The van der Waals surface area contributed by atoms with Crippen LogP contribution in [0.15, 0.2) is 36.5 Å². The molecule has 0 unspecified atom stereocenters. The van der Waals surface area contributed by atoms with Crippen molar-refractivity contribution in [1.82, 2.24) is 20.0 Å². The zero-order valence-electron chi connectivity index (χ0n) is 14.6. The summed E-state index contributed by atoms with van der Waals surface area (Å²) in [6, 6.07) is 8.64. The van der Waals surface area contributed by atoms with Gasteiger partial charge in [0.2, 0.25) is 5.91 Å². The van der Waals surface area contributed by atoms with Crippen molar-refractivity contribution in [2.75, 3.05) is 14.2 Å². The number of nitrogens with zero attached hydrogens (tertiary/aromatic N) is 3. The fourth-order valence-corrected chi connectivity index (χ4v) is 3.30. The number of carbonyl (C=O) groups is 2. The van der Waals surface area contributed by atoms with E-state index in [1.807, 2.05) is 25.2 Å². The number of likely N-dealkylation sites (tertiary alicyclic amines) is 1. The maximum absolute atomic E-state index is 12.7. The van der Waals surface area contributed by atoms with Crippen LogP contribution in [0.4, 0.5) is 0 Å². The lowest BCUT2D eigenvalue weighted by Gasteiger charge is -2.25. The van der Waals surface area contributed by atoms with E-state index in [1.165, 1.54) is 0 Å². The van der Waals surface area contributed by atoms with Gasteiger partial charge in [-0.25, -0.2) is 0 Å². The topological polar surface area (TPSA) is 76.5 Å². The van der Waals surface area contributed by atoms with E-state index in [2.05, 4.69) is 10.4 Å². The Bertz CT molecular complexity index is 786. The molecule has 1 fully saturated rings. The van der Waals surface area contributed by atoms with Crippen molar-refractivity contribution in [3.8, 4) is 0 Å². The van der Waals surface area contributed by atoms with Gasteiger partial charge in [0.1, 0.15) is 0 Å². The van der Waals surface area contributed by atoms with Gasteiger partial charge in [0.25, 0.3) is 5.91 Å². The zero-order chi connectivity index (χ0) is 18.0. The minimum Gasteiger partial charge on any atom is -0.380 e. The first-order valence-electron chi connectivity index (χ1n) is 8.13. The summed E-state index contributed by atoms with van der Waals surface area (Å²) in [5.74, 6) is -0.192. The lowest BCUT2D eigenvalue weighted by Crippen LogP contribution is -2.39. The van der Waals surface area contributed by atoms with Gasteiger partial charge in [0.05, 0.1) is 24.4 Å². The van der Waals surface area contributed by atoms with E-state index < -0.39 is 0 Å². The number of benzene rings is 1. The Hall–Kier alpha value is -2.67. The van der Waals surface area contributed by atoms with Gasteiger partial charge in [0, 0.05) is 39.4 Å². The van der Waals surface area contributed by atoms with Crippen molar-refractivity contribution < 1.29 is 14.3 Å². The summed E-state index contributed by atoms with van der Waals surface area (Å²) in [5.41, 5.74) is 2.38. The van der Waals surface area contributed by atoms with Crippen LogP contribution in [0, 0.1) is 0 Å². The van der Waals surface area contributed by atoms with Crippen LogP contribution in [-0.2, 0) is 23.2 Å². The van der Waals surface area contributed by atoms with Crippen molar-refractivity contribution in [3.63, 3.8) is 0 Å². The first kappa shape index (κ1) is 17.2. The molecule has 7 nitrogen and oxygen atoms in total. The van der Waals surface area contributed by atoms with Crippen LogP contribution in [0.2, 0.25) is 0 Å². The number of aryl methyl sites for hydroxylation is 1. The van der Waals surface area contributed by atoms with Crippen molar-refractivity contribution in [1.29, 1.82) is 0 Å². The van der Waals surface area contributed by atoms with Crippen LogP contribution in [-0.4, -0.2) is 46.7 Å². The number of aromatic nitrogens is 2. The molecule has 0 aliphatic carbocycles. The molecular formula is C18H22N4O3. The van der Waals surface area contributed by atoms with E-state index in [1.54, 1.807) is 42.1 Å². The molecule has 1 saturated heterocycles. The number of methoxy groups -OCH3 is 1. The summed E-state index contributed by atoms with van der Waals surface area (Å²) in [6.45, 7) is 0.448. The van der Waals surface area contributed by atoms with Crippen LogP contribution in [0.5, 0.6) is 0 Å². The van der Waals surface area contributed by atoms with Gasteiger partial charge in [-0.05, 0) is 23.8 Å². The lowest BCUT2D eigenvalue weighted by atomic mass is 10.0. The Balaban J connectivity index is 1.81. The summed E-state index contributed by atoms with van der Waals surface area (Å²) in [5, 5.41) is 7.18. The van der Waals surface area contributed by atoms with Gasteiger partial charge in [-0.2, -0.15) is 5.10 Å². The van der Waals surface area contributed by atoms with Crippen LogP contribution >= 0.6 is 0 Å². The average molecular weight is 342 g/mol. The third-order valence-corrected chi connectivity index (χ3v) is 4.56. The predicted octanol–water partition coefficient (Wildman–Crippen LogP) is 1.27. The standard InChI is InChI=1S/C18H22N4O3/c1-21-16(23)10-14(17(21)15-7-8-19-22(15)2)20-18(24)13-6-4-5-12(9-13)11-25-3/h4-9,14,17H,10-11H2,1-3H3,(H,20,24)/t14-,17-/m1/s1. The second-order valence-electron chi connectivity index (χ2n) is 6.25. The van der Waals surface area contributed by atoms with E-state index in [-0.39, 0.29) is 30.3 Å². The molecule has 3 rings (SSSR count). The number of amides is 2. The van der Waals surface area contributed by atoms with Crippen molar-refractivity contribution >= 4 is 11.8 Å². The molecule has 0 bridgehead atoms. The molecule has 1 N–H and O–H groups in total. The van der Waals surface area contributed by atoms with Crippen LogP contribution in [0.25, 0.3) is 0 Å². The minimum absolute atomic E-state index is 0.00429. The fourth-order valence-electron chi connectivity index (χ4n) is 3.30. The molecule has 0 radical (unpaired) electrons. The minimum atomic E-state index is -0.300. The molecule has 2 atom stereocenters.